The SMILES string of the molecule is CN(C)CCc1ccc(NC(=O)/C=C/c2ccccc2Br)cc1. The molecule has 0 aliphatic carbocycles. The molecule has 2 aromatic carbocycles. The number of hydrogen-bond donors (Lipinski definition) is 1. The number of amides is 1. The largest absolute Gasteiger partial charge is 0.323 e. The third-order valence-corrected chi connectivity index (χ3v) is 4.11. The van der Waals surface area contributed by atoms with Crippen LogP contribution in [0.1, 0.15) is 11.1 Å². The second-order valence-electron chi connectivity index (χ2n) is 5.59. The van der Waals surface area contributed by atoms with Gasteiger partial charge in [-0.1, -0.05) is 46.3 Å². The van der Waals surface area contributed by atoms with E-state index in [4.69, 9.17) is 0 Å². The van der Waals surface area contributed by atoms with Crippen LogP contribution in [0.3, 0.4) is 0 Å². The lowest BCUT2D eigenvalue weighted by Crippen LogP contribution is -2.15. The van der Waals surface area contributed by atoms with Crippen molar-refractivity contribution in [3.63, 3.8) is 0 Å². The highest BCUT2D eigenvalue weighted by molar-refractivity contribution is 9.10. The topological polar surface area (TPSA) is 32.3 Å². The van der Waals surface area contributed by atoms with Crippen LogP contribution in [-0.2, 0) is 11.2 Å². The van der Waals surface area contributed by atoms with Crippen molar-refractivity contribution in [2.75, 3.05) is 26.0 Å². The number of carbonyl (C=O) groups is 1. The quantitative estimate of drug-likeness (QED) is 0.770. The minimum atomic E-state index is -0.137. The van der Waals surface area contributed by atoms with Crippen LogP contribution in [0, 0.1) is 0 Å². The summed E-state index contributed by atoms with van der Waals surface area (Å²) < 4.78 is 0.967. The van der Waals surface area contributed by atoms with Crippen molar-refractivity contribution in [2.24, 2.45) is 0 Å². The van der Waals surface area contributed by atoms with Gasteiger partial charge >= 0.3 is 0 Å². The number of halogens is 1. The first-order valence-corrected chi connectivity index (χ1v) is 8.31. The predicted molar refractivity (Wildman–Crippen MR) is 101 cm³/mol. The maximum Gasteiger partial charge on any atom is 0.248 e. The van der Waals surface area contributed by atoms with E-state index >= 15 is 0 Å². The summed E-state index contributed by atoms with van der Waals surface area (Å²) in [5.74, 6) is -0.137. The molecule has 0 atom stereocenters. The Balaban J connectivity index is 1.91. The number of benzene rings is 2. The number of anilines is 1. The Hall–Kier alpha value is -1.91. The number of nitrogens with zero attached hydrogens (tertiary/aromatic N) is 1. The maximum atomic E-state index is 12.0. The number of nitrogens with one attached hydrogen (secondary N) is 1. The monoisotopic (exact) mass is 372 g/mol. The standard InChI is InChI=1S/C19H21BrN2O/c1-22(2)14-13-15-7-10-17(11-8-15)21-19(23)12-9-16-5-3-4-6-18(16)20/h3-12H,13-14H2,1-2H3,(H,21,23)/b12-9+. The van der Waals surface area contributed by atoms with Crippen molar-refractivity contribution >= 4 is 33.6 Å². The molecule has 0 aliphatic rings. The molecule has 0 saturated heterocycles. The first kappa shape index (κ1) is 17.4. The van der Waals surface area contributed by atoms with E-state index in [2.05, 4.69) is 52.4 Å². The Kier molecular flexibility index (Phi) is 6.56. The summed E-state index contributed by atoms with van der Waals surface area (Å²) in [5, 5.41) is 2.87. The number of carbonyl (C=O) groups excluding carboxylic acids is 1. The fourth-order valence-corrected chi connectivity index (χ4v) is 2.48. The van der Waals surface area contributed by atoms with Gasteiger partial charge in [0.05, 0.1) is 0 Å². The summed E-state index contributed by atoms with van der Waals surface area (Å²) in [6.45, 7) is 1.01. The van der Waals surface area contributed by atoms with Crippen LogP contribution in [0.4, 0.5) is 5.69 Å². The lowest BCUT2D eigenvalue weighted by atomic mass is 10.1. The Labute approximate surface area is 146 Å². The van der Waals surface area contributed by atoms with Crippen molar-refractivity contribution in [2.45, 2.75) is 6.42 Å². The zero-order chi connectivity index (χ0) is 16.7. The van der Waals surface area contributed by atoms with Crippen LogP contribution in [-0.4, -0.2) is 31.4 Å². The normalized spacial score (nSPS) is 11.1. The molecule has 4 heteroatoms. The van der Waals surface area contributed by atoms with Gasteiger partial charge in [0.25, 0.3) is 0 Å². The molecular weight excluding hydrogens is 352 g/mol. The Morgan fingerprint density at radius 3 is 2.48 bits per heavy atom. The molecule has 0 aliphatic heterocycles. The molecule has 0 bridgehead atoms. The average molecular weight is 373 g/mol. The number of rotatable bonds is 6. The highest BCUT2D eigenvalue weighted by Gasteiger charge is 2.00. The van der Waals surface area contributed by atoms with Crippen LogP contribution in [0.15, 0.2) is 59.1 Å². The van der Waals surface area contributed by atoms with Crippen LogP contribution < -0.4 is 5.32 Å². The summed E-state index contributed by atoms with van der Waals surface area (Å²) in [7, 11) is 4.12. The van der Waals surface area contributed by atoms with Crippen molar-refractivity contribution in [1.29, 1.82) is 0 Å². The Bertz CT molecular complexity index is 678. The van der Waals surface area contributed by atoms with Gasteiger partial charge in [0.15, 0.2) is 0 Å². The van der Waals surface area contributed by atoms with Gasteiger partial charge in [-0.25, -0.2) is 0 Å². The summed E-state index contributed by atoms with van der Waals surface area (Å²) in [5.41, 5.74) is 3.04. The van der Waals surface area contributed by atoms with Gasteiger partial charge < -0.3 is 10.2 Å². The zero-order valence-corrected chi connectivity index (χ0v) is 15.0. The summed E-state index contributed by atoms with van der Waals surface area (Å²) in [6.07, 6.45) is 4.34. The van der Waals surface area contributed by atoms with Gasteiger partial charge in [0, 0.05) is 22.8 Å². The molecule has 3 nitrogen and oxygen atoms in total. The summed E-state index contributed by atoms with van der Waals surface area (Å²) >= 11 is 3.46. The van der Waals surface area contributed by atoms with Crippen LogP contribution in [0.25, 0.3) is 6.08 Å². The molecule has 0 saturated carbocycles. The fourth-order valence-electron chi connectivity index (χ4n) is 2.07. The molecule has 0 aromatic heterocycles. The van der Waals surface area contributed by atoms with Crippen molar-refractivity contribution in [3.8, 4) is 0 Å². The van der Waals surface area contributed by atoms with Gasteiger partial charge in [-0.15, -0.1) is 0 Å². The smallest absolute Gasteiger partial charge is 0.248 e. The minimum Gasteiger partial charge on any atom is -0.323 e. The van der Waals surface area contributed by atoms with E-state index in [1.54, 1.807) is 12.2 Å². The third kappa shape index (κ3) is 6.00. The first-order valence-electron chi connectivity index (χ1n) is 7.52. The molecule has 0 fully saturated rings. The zero-order valence-electron chi connectivity index (χ0n) is 13.4. The number of hydrogen-bond acceptors (Lipinski definition) is 2. The molecule has 0 spiro atoms. The first-order chi connectivity index (χ1) is 11.0. The van der Waals surface area contributed by atoms with E-state index in [0.29, 0.717) is 0 Å². The summed E-state index contributed by atoms with van der Waals surface area (Å²) in [6, 6.07) is 15.8. The highest BCUT2D eigenvalue weighted by Crippen LogP contribution is 2.17. The lowest BCUT2D eigenvalue weighted by Gasteiger charge is -2.09. The van der Waals surface area contributed by atoms with E-state index in [9.17, 15) is 4.79 Å². The maximum absolute atomic E-state index is 12.0. The third-order valence-electron chi connectivity index (χ3n) is 3.39. The van der Waals surface area contributed by atoms with Gasteiger partial charge in [-0.3, -0.25) is 4.79 Å². The molecule has 1 N–H and O–H groups in total. The molecule has 2 aromatic rings. The fraction of sp³-hybridized carbons (Fsp3) is 0.211. The molecule has 2 rings (SSSR count). The second-order valence-corrected chi connectivity index (χ2v) is 6.45. The van der Waals surface area contributed by atoms with Crippen molar-refractivity contribution in [3.05, 3.63) is 70.2 Å². The van der Waals surface area contributed by atoms with Crippen LogP contribution in [0.2, 0.25) is 0 Å². The Morgan fingerprint density at radius 1 is 1.13 bits per heavy atom. The molecule has 1 amide bonds. The lowest BCUT2D eigenvalue weighted by molar-refractivity contribution is -0.111. The highest BCUT2D eigenvalue weighted by atomic mass is 79.9. The molecule has 120 valence electrons. The van der Waals surface area contributed by atoms with E-state index < -0.39 is 0 Å². The predicted octanol–water partition coefficient (Wildman–Crippen LogP) is 4.21. The molecular formula is C19H21BrN2O. The molecule has 0 unspecified atom stereocenters. The molecule has 0 radical (unpaired) electrons. The van der Waals surface area contributed by atoms with Gasteiger partial charge in [-0.05, 0) is 55.9 Å². The van der Waals surface area contributed by atoms with Gasteiger partial charge in [0.2, 0.25) is 5.91 Å². The number of likely N-dealkylation sites (N-methyl/N-ethyl adjacent to an activating group) is 1. The van der Waals surface area contributed by atoms with Crippen molar-refractivity contribution in [1.82, 2.24) is 4.90 Å². The van der Waals surface area contributed by atoms with E-state index in [1.807, 2.05) is 36.4 Å². The molecule has 0 heterocycles. The van der Waals surface area contributed by atoms with E-state index in [1.165, 1.54) is 5.56 Å². The van der Waals surface area contributed by atoms with E-state index in [0.717, 1.165) is 28.7 Å². The van der Waals surface area contributed by atoms with E-state index in [-0.39, 0.29) is 5.91 Å². The van der Waals surface area contributed by atoms with Gasteiger partial charge in [0.1, 0.15) is 0 Å². The van der Waals surface area contributed by atoms with Crippen LogP contribution in [0.5, 0.6) is 0 Å². The molecule has 23 heavy (non-hydrogen) atoms. The summed E-state index contributed by atoms with van der Waals surface area (Å²) in [4.78, 5) is 14.1. The minimum absolute atomic E-state index is 0.137. The van der Waals surface area contributed by atoms with Crippen molar-refractivity contribution < 1.29 is 4.79 Å². The average Bonchev–Trinajstić information content (AvgIpc) is 2.53. The van der Waals surface area contributed by atoms with Gasteiger partial charge in [-0.2, -0.15) is 0 Å². The second kappa shape index (κ2) is 8.65. The van der Waals surface area contributed by atoms with Crippen LogP contribution >= 0.6 is 15.9 Å². The Morgan fingerprint density at radius 2 is 1.83 bits per heavy atom.